The van der Waals surface area contributed by atoms with Crippen LogP contribution in [0.5, 0.6) is 0 Å². The Morgan fingerprint density at radius 1 is 0.875 bits per heavy atom. The van der Waals surface area contributed by atoms with E-state index in [9.17, 15) is 14.9 Å². The van der Waals surface area contributed by atoms with Gasteiger partial charge in [0.1, 0.15) is 6.33 Å². The number of nitrogens with zero attached hydrogens (tertiary/aromatic N) is 5. The molecule has 1 aliphatic rings. The summed E-state index contributed by atoms with van der Waals surface area (Å²) in [5, 5.41) is 15.4. The van der Waals surface area contributed by atoms with Gasteiger partial charge in [0.2, 0.25) is 5.95 Å². The van der Waals surface area contributed by atoms with Crippen LogP contribution in [0.25, 0.3) is 0 Å². The number of carbonyl (C=O) groups is 1. The van der Waals surface area contributed by atoms with Crippen molar-refractivity contribution in [3.05, 3.63) is 118 Å². The number of aromatic nitrogens is 3. The third kappa shape index (κ3) is 3.41. The Morgan fingerprint density at radius 2 is 1.47 bits per heavy atom. The minimum Gasteiger partial charge on any atom is -0.269 e. The van der Waals surface area contributed by atoms with E-state index in [1.54, 1.807) is 9.58 Å². The van der Waals surface area contributed by atoms with Gasteiger partial charge in [0, 0.05) is 17.7 Å². The first kappa shape index (κ1) is 19.6. The molecule has 3 aromatic carbocycles. The molecule has 8 nitrogen and oxygen atoms in total. The van der Waals surface area contributed by atoms with Gasteiger partial charge in [0.25, 0.3) is 11.6 Å². The van der Waals surface area contributed by atoms with Crippen LogP contribution in [-0.4, -0.2) is 25.6 Å². The van der Waals surface area contributed by atoms with Crippen molar-refractivity contribution in [2.45, 2.75) is 18.5 Å². The fourth-order valence-electron chi connectivity index (χ4n) is 4.20. The van der Waals surface area contributed by atoms with Gasteiger partial charge in [-0.25, -0.2) is 4.68 Å². The topological polar surface area (TPSA) is 94.2 Å². The molecular weight excluding hydrogens is 406 g/mol. The van der Waals surface area contributed by atoms with Crippen LogP contribution in [0.2, 0.25) is 0 Å². The highest BCUT2D eigenvalue weighted by Gasteiger charge is 2.39. The molecule has 0 fully saturated rings. The standard InChI is InChI=1S/C24H19N5O3/c30-23(19-11-13-20(14-12-19)29(31)32)27-21(17-7-3-1-4-8-17)15-22(18-9-5-2-6-10-18)28-24(27)25-16-26-28/h1-14,16,21-22H,15H2/t21-,22+/m0/s1. The molecule has 0 N–H and O–H groups in total. The molecule has 0 spiro atoms. The summed E-state index contributed by atoms with van der Waals surface area (Å²) in [4.78, 5) is 30.2. The molecule has 0 saturated carbocycles. The number of nitro groups is 1. The van der Waals surface area contributed by atoms with Gasteiger partial charge in [-0.15, -0.1) is 0 Å². The maximum Gasteiger partial charge on any atom is 0.269 e. The molecule has 0 unspecified atom stereocenters. The van der Waals surface area contributed by atoms with Gasteiger partial charge in [-0.05, 0) is 29.7 Å². The smallest absolute Gasteiger partial charge is 0.269 e. The van der Waals surface area contributed by atoms with Gasteiger partial charge < -0.3 is 0 Å². The number of anilines is 1. The van der Waals surface area contributed by atoms with Crippen molar-refractivity contribution in [2.75, 3.05) is 4.90 Å². The summed E-state index contributed by atoms with van der Waals surface area (Å²) >= 11 is 0. The molecule has 1 aliphatic heterocycles. The Labute approximate surface area is 183 Å². The number of rotatable bonds is 4. The van der Waals surface area contributed by atoms with E-state index in [0.717, 1.165) is 11.1 Å². The van der Waals surface area contributed by atoms with E-state index in [1.807, 2.05) is 60.7 Å². The van der Waals surface area contributed by atoms with Crippen LogP contribution in [-0.2, 0) is 0 Å². The second kappa shape index (κ2) is 8.07. The molecular formula is C24H19N5O3. The Kier molecular flexibility index (Phi) is 4.95. The molecule has 2 heterocycles. The van der Waals surface area contributed by atoms with Crippen molar-refractivity contribution in [2.24, 2.45) is 0 Å². The number of non-ortho nitro benzene ring substituents is 1. The average molecular weight is 425 g/mol. The van der Waals surface area contributed by atoms with Crippen LogP contribution in [0.15, 0.2) is 91.3 Å². The lowest BCUT2D eigenvalue weighted by atomic mass is 9.91. The van der Waals surface area contributed by atoms with Crippen molar-refractivity contribution in [3.63, 3.8) is 0 Å². The van der Waals surface area contributed by atoms with E-state index in [-0.39, 0.29) is 23.7 Å². The summed E-state index contributed by atoms with van der Waals surface area (Å²) in [5.41, 5.74) is 2.36. The van der Waals surface area contributed by atoms with E-state index in [0.29, 0.717) is 17.9 Å². The molecule has 0 aliphatic carbocycles. The number of fused-ring (bicyclic) bond motifs is 1. The molecule has 158 valence electrons. The van der Waals surface area contributed by atoms with Crippen LogP contribution < -0.4 is 4.90 Å². The molecule has 1 amide bonds. The van der Waals surface area contributed by atoms with Gasteiger partial charge in [-0.3, -0.25) is 19.8 Å². The SMILES string of the molecule is O=C(c1ccc([N+](=O)[O-])cc1)N1c2ncnn2[C@@H](c2ccccc2)C[C@H]1c1ccccc1. The quantitative estimate of drug-likeness (QED) is 0.353. The molecule has 0 bridgehead atoms. The van der Waals surface area contributed by atoms with Gasteiger partial charge >= 0.3 is 0 Å². The van der Waals surface area contributed by atoms with Crippen LogP contribution in [0.1, 0.15) is 40.0 Å². The lowest BCUT2D eigenvalue weighted by Gasteiger charge is -2.39. The second-order valence-electron chi connectivity index (χ2n) is 7.57. The van der Waals surface area contributed by atoms with Crippen LogP contribution in [0.4, 0.5) is 11.6 Å². The Bertz CT molecular complexity index is 1260. The number of hydrogen-bond acceptors (Lipinski definition) is 5. The third-order valence-corrected chi connectivity index (χ3v) is 5.74. The zero-order chi connectivity index (χ0) is 22.1. The van der Waals surface area contributed by atoms with Crippen molar-refractivity contribution >= 4 is 17.5 Å². The monoisotopic (exact) mass is 425 g/mol. The molecule has 0 radical (unpaired) electrons. The fraction of sp³-hybridized carbons (Fsp3) is 0.125. The molecule has 4 aromatic rings. The first-order chi connectivity index (χ1) is 15.6. The second-order valence-corrected chi connectivity index (χ2v) is 7.57. The van der Waals surface area contributed by atoms with Crippen LogP contribution in [0.3, 0.4) is 0 Å². The highest BCUT2D eigenvalue weighted by Crippen LogP contribution is 2.42. The number of benzene rings is 3. The summed E-state index contributed by atoms with van der Waals surface area (Å²) in [6.45, 7) is 0. The van der Waals surface area contributed by atoms with Crippen molar-refractivity contribution in [3.8, 4) is 0 Å². The zero-order valence-corrected chi connectivity index (χ0v) is 17.0. The normalized spacial score (nSPS) is 17.6. The van der Waals surface area contributed by atoms with E-state index in [1.165, 1.54) is 30.6 Å². The van der Waals surface area contributed by atoms with Crippen LogP contribution >= 0.6 is 0 Å². The molecule has 2 atom stereocenters. The van der Waals surface area contributed by atoms with Gasteiger partial charge in [-0.2, -0.15) is 10.1 Å². The lowest BCUT2D eigenvalue weighted by molar-refractivity contribution is -0.384. The largest absolute Gasteiger partial charge is 0.269 e. The number of amides is 1. The van der Waals surface area contributed by atoms with Crippen molar-refractivity contribution < 1.29 is 9.72 Å². The average Bonchev–Trinajstić information content (AvgIpc) is 3.33. The van der Waals surface area contributed by atoms with Gasteiger partial charge in [-0.1, -0.05) is 60.7 Å². The van der Waals surface area contributed by atoms with E-state index >= 15 is 0 Å². The van der Waals surface area contributed by atoms with Crippen molar-refractivity contribution in [1.29, 1.82) is 0 Å². The fourth-order valence-corrected chi connectivity index (χ4v) is 4.20. The minimum absolute atomic E-state index is 0.0629. The summed E-state index contributed by atoms with van der Waals surface area (Å²) in [5.74, 6) is 0.164. The van der Waals surface area contributed by atoms with E-state index in [2.05, 4.69) is 10.1 Å². The maximum absolute atomic E-state index is 13.6. The highest BCUT2D eigenvalue weighted by molar-refractivity contribution is 6.06. The first-order valence-corrected chi connectivity index (χ1v) is 10.2. The predicted molar refractivity (Wildman–Crippen MR) is 118 cm³/mol. The van der Waals surface area contributed by atoms with E-state index < -0.39 is 4.92 Å². The van der Waals surface area contributed by atoms with Crippen LogP contribution in [0, 0.1) is 10.1 Å². The maximum atomic E-state index is 13.6. The molecule has 32 heavy (non-hydrogen) atoms. The Morgan fingerprint density at radius 3 is 2.06 bits per heavy atom. The molecule has 0 saturated heterocycles. The third-order valence-electron chi connectivity index (χ3n) is 5.74. The molecule has 5 rings (SSSR count). The molecule has 8 heteroatoms. The number of nitro benzene ring substituents is 1. The zero-order valence-electron chi connectivity index (χ0n) is 17.0. The summed E-state index contributed by atoms with van der Waals surface area (Å²) < 4.78 is 1.78. The lowest BCUT2D eigenvalue weighted by Crippen LogP contribution is -2.42. The first-order valence-electron chi connectivity index (χ1n) is 10.2. The minimum atomic E-state index is -0.483. The van der Waals surface area contributed by atoms with Gasteiger partial charge in [0.15, 0.2) is 0 Å². The summed E-state index contributed by atoms with van der Waals surface area (Å²) in [7, 11) is 0. The van der Waals surface area contributed by atoms with Crippen molar-refractivity contribution in [1.82, 2.24) is 14.8 Å². The Hall–Kier alpha value is -4.33. The number of hydrogen-bond donors (Lipinski definition) is 0. The number of carbonyl (C=O) groups excluding carboxylic acids is 1. The van der Waals surface area contributed by atoms with E-state index in [4.69, 9.17) is 0 Å². The highest BCUT2D eigenvalue weighted by atomic mass is 16.6. The summed E-state index contributed by atoms with van der Waals surface area (Å²) in [6, 6.07) is 25.1. The predicted octanol–water partition coefficient (Wildman–Crippen LogP) is 4.57. The molecule has 1 aromatic heterocycles. The summed E-state index contributed by atoms with van der Waals surface area (Å²) in [6.07, 6.45) is 2.07. The van der Waals surface area contributed by atoms with Gasteiger partial charge in [0.05, 0.1) is 17.0 Å². The Balaban J connectivity index is 1.61.